The van der Waals surface area contributed by atoms with Crippen molar-refractivity contribution in [2.75, 3.05) is 0 Å². The maximum atomic E-state index is 12.6. The molecule has 0 fully saturated rings. The van der Waals surface area contributed by atoms with Crippen LogP contribution >= 0.6 is 0 Å². The van der Waals surface area contributed by atoms with E-state index in [1.807, 2.05) is 84.6 Å². The molecule has 0 aliphatic heterocycles. The van der Waals surface area contributed by atoms with E-state index in [-0.39, 0.29) is 12.2 Å². The number of carbonyl (C=O) groups is 1. The van der Waals surface area contributed by atoms with E-state index < -0.39 is 12.0 Å². The second kappa shape index (κ2) is 11.0. The monoisotopic (exact) mass is 471 g/mol. The molecule has 4 aromatic rings. The lowest BCUT2D eigenvalue weighted by molar-refractivity contribution is -0.144. The van der Waals surface area contributed by atoms with Gasteiger partial charge in [0.15, 0.2) is 0 Å². The zero-order valence-corrected chi connectivity index (χ0v) is 19.9. The molecule has 1 aromatic heterocycles. The minimum atomic E-state index is -0.834. The number of hydrogen-bond donors (Lipinski definition) is 1. The third-order valence-electron chi connectivity index (χ3n) is 6.07. The zero-order chi connectivity index (χ0) is 24.8. The van der Waals surface area contributed by atoms with Gasteiger partial charge in [-0.3, -0.25) is 19.1 Å². The van der Waals surface area contributed by atoms with E-state index >= 15 is 0 Å². The summed E-state index contributed by atoms with van der Waals surface area (Å²) in [6.07, 6.45) is 0.500. The first-order chi connectivity index (χ1) is 17.0. The van der Waals surface area contributed by atoms with Crippen molar-refractivity contribution in [2.45, 2.75) is 39.1 Å². The van der Waals surface area contributed by atoms with Gasteiger partial charge in [0.25, 0.3) is 5.56 Å². The highest BCUT2D eigenvalue weighted by atomic mass is 16.5. The molecule has 0 aliphatic rings. The standard InChI is InChI=1S/C28H29N3O4/c1-3-25(28(33)34)31(17-20-10-5-4-6-11-20)18-21-12-9-13-22(16-21)35-19-26-29-24-15-8-7-14-23(24)27(32)30(26)2/h4-16,25H,3,17-19H2,1-2H3,(H,33,34). The maximum absolute atomic E-state index is 12.6. The number of para-hydroxylation sites is 1. The number of aromatic nitrogens is 2. The average Bonchev–Trinajstić information content (AvgIpc) is 2.86. The number of ether oxygens (including phenoxy) is 1. The van der Waals surface area contributed by atoms with Gasteiger partial charge in [-0.15, -0.1) is 0 Å². The Labute approximate surface area is 204 Å². The largest absolute Gasteiger partial charge is 0.486 e. The fourth-order valence-corrected chi connectivity index (χ4v) is 4.19. The molecule has 1 heterocycles. The van der Waals surface area contributed by atoms with Crippen LogP contribution in [-0.2, 0) is 31.5 Å². The quantitative estimate of drug-likeness (QED) is 0.370. The normalized spacial score (nSPS) is 12.1. The predicted octanol–water partition coefficient (Wildman–Crippen LogP) is 4.38. The molecule has 7 heteroatoms. The van der Waals surface area contributed by atoms with Crippen molar-refractivity contribution in [1.82, 2.24) is 14.5 Å². The van der Waals surface area contributed by atoms with E-state index in [1.165, 1.54) is 4.57 Å². The third kappa shape index (κ3) is 5.75. The SMILES string of the molecule is CCC(C(=O)O)N(Cc1ccccc1)Cc1cccc(OCc2nc3ccccc3c(=O)n2C)c1. The topological polar surface area (TPSA) is 84.7 Å². The van der Waals surface area contributed by atoms with Gasteiger partial charge in [-0.2, -0.15) is 0 Å². The van der Waals surface area contributed by atoms with Crippen molar-refractivity contribution in [3.8, 4) is 5.75 Å². The molecular weight excluding hydrogens is 442 g/mol. The van der Waals surface area contributed by atoms with Gasteiger partial charge in [-0.25, -0.2) is 4.98 Å². The molecule has 4 rings (SSSR count). The molecule has 1 N–H and O–H groups in total. The van der Waals surface area contributed by atoms with Crippen LogP contribution in [0, 0.1) is 0 Å². The Balaban J connectivity index is 1.52. The van der Waals surface area contributed by atoms with E-state index in [4.69, 9.17) is 4.74 Å². The van der Waals surface area contributed by atoms with Gasteiger partial charge in [-0.1, -0.05) is 61.5 Å². The van der Waals surface area contributed by atoms with Crippen LogP contribution in [0.15, 0.2) is 83.7 Å². The Kier molecular flexibility index (Phi) is 7.57. The molecule has 0 bridgehead atoms. The van der Waals surface area contributed by atoms with Crippen LogP contribution in [0.25, 0.3) is 10.9 Å². The molecule has 0 aliphatic carbocycles. The highest BCUT2D eigenvalue weighted by Gasteiger charge is 2.24. The molecule has 180 valence electrons. The number of nitrogens with zero attached hydrogens (tertiary/aromatic N) is 3. The van der Waals surface area contributed by atoms with Crippen LogP contribution in [0.1, 0.15) is 30.3 Å². The fourth-order valence-electron chi connectivity index (χ4n) is 4.19. The van der Waals surface area contributed by atoms with Crippen molar-refractivity contribution in [2.24, 2.45) is 7.05 Å². The summed E-state index contributed by atoms with van der Waals surface area (Å²) in [5.41, 5.74) is 2.53. The van der Waals surface area contributed by atoms with Crippen molar-refractivity contribution >= 4 is 16.9 Å². The molecule has 0 saturated carbocycles. The highest BCUT2D eigenvalue weighted by Crippen LogP contribution is 2.20. The lowest BCUT2D eigenvalue weighted by Crippen LogP contribution is -2.39. The molecule has 1 atom stereocenters. The first kappa shape index (κ1) is 24.2. The molecule has 0 spiro atoms. The first-order valence-corrected chi connectivity index (χ1v) is 11.6. The Morgan fingerprint density at radius 2 is 1.69 bits per heavy atom. The minimum Gasteiger partial charge on any atom is -0.486 e. The number of hydrogen-bond acceptors (Lipinski definition) is 5. The predicted molar refractivity (Wildman–Crippen MR) is 135 cm³/mol. The zero-order valence-electron chi connectivity index (χ0n) is 19.9. The number of carboxylic acids is 1. The second-order valence-corrected chi connectivity index (χ2v) is 8.50. The fraction of sp³-hybridized carbons (Fsp3) is 0.250. The Hall–Kier alpha value is -3.97. The van der Waals surface area contributed by atoms with Gasteiger partial charge in [0.2, 0.25) is 0 Å². The Bertz CT molecular complexity index is 1370. The highest BCUT2D eigenvalue weighted by molar-refractivity contribution is 5.77. The Morgan fingerprint density at radius 3 is 2.43 bits per heavy atom. The number of benzene rings is 3. The molecule has 7 nitrogen and oxygen atoms in total. The van der Waals surface area contributed by atoms with Crippen LogP contribution in [0.3, 0.4) is 0 Å². The van der Waals surface area contributed by atoms with Crippen LogP contribution in [-0.4, -0.2) is 31.6 Å². The van der Waals surface area contributed by atoms with E-state index in [9.17, 15) is 14.7 Å². The van der Waals surface area contributed by atoms with Gasteiger partial charge in [-0.05, 0) is 41.8 Å². The molecule has 0 saturated heterocycles. The smallest absolute Gasteiger partial charge is 0.320 e. The van der Waals surface area contributed by atoms with E-state index in [2.05, 4.69) is 4.98 Å². The van der Waals surface area contributed by atoms with Crippen molar-refractivity contribution in [1.29, 1.82) is 0 Å². The van der Waals surface area contributed by atoms with Gasteiger partial charge in [0.05, 0.1) is 10.9 Å². The lowest BCUT2D eigenvalue weighted by Gasteiger charge is -2.28. The summed E-state index contributed by atoms with van der Waals surface area (Å²) in [6, 6.07) is 24.1. The Morgan fingerprint density at radius 1 is 1.00 bits per heavy atom. The summed E-state index contributed by atoms with van der Waals surface area (Å²) < 4.78 is 7.50. The van der Waals surface area contributed by atoms with Gasteiger partial charge < -0.3 is 9.84 Å². The summed E-state index contributed by atoms with van der Waals surface area (Å²) in [5, 5.41) is 10.4. The third-order valence-corrected chi connectivity index (χ3v) is 6.07. The average molecular weight is 472 g/mol. The first-order valence-electron chi connectivity index (χ1n) is 11.6. The number of carboxylic acid groups (broad SMARTS) is 1. The van der Waals surface area contributed by atoms with Gasteiger partial charge in [0, 0.05) is 20.1 Å². The molecule has 0 amide bonds. The van der Waals surface area contributed by atoms with E-state index in [1.54, 1.807) is 13.1 Å². The van der Waals surface area contributed by atoms with Crippen molar-refractivity contribution in [3.05, 3.63) is 106 Å². The lowest BCUT2D eigenvalue weighted by atomic mass is 10.1. The summed E-state index contributed by atoms with van der Waals surface area (Å²) in [7, 11) is 1.69. The van der Waals surface area contributed by atoms with Gasteiger partial charge >= 0.3 is 5.97 Å². The summed E-state index contributed by atoms with van der Waals surface area (Å²) in [6.45, 7) is 3.01. The number of rotatable bonds is 10. The summed E-state index contributed by atoms with van der Waals surface area (Å²) >= 11 is 0. The van der Waals surface area contributed by atoms with Crippen molar-refractivity contribution in [3.63, 3.8) is 0 Å². The molecular formula is C28H29N3O4. The molecule has 0 radical (unpaired) electrons. The van der Waals surface area contributed by atoms with E-state index in [0.717, 1.165) is 11.1 Å². The maximum Gasteiger partial charge on any atom is 0.320 e. The molecule has 35 heavy (non-hydrogen) atoms. The molecule has 3 aromatic carbocycles. The number of fused-ring (bicyclic) bond motifs is 1. The van der Waals surface area contributed by atoms with Gasteiger partial charge in [0.1, 0.15) is 24.2 Å². The summed E-state index contributed by atoms with van der Waals surface area (Å²) in [4.78, 5) is 31.1. The van der Waals surface area contributed by atoms with Crippen molar-refractivity contribution < 1.29 is 14.6 Å². The number of aliphatic carboxylic acids is 1. The van der Waals surface area contributed by atoms with Crippen LogP contribution in [0.4, 0.5) is 0 Å². The van der Waals surface area contributed by atoms with Crippen LogP contribution < -0.4 is 10.3 Å². The van der Waals surface area contributed by atoms with E-state index in [0.29, 0.717) is 42.0 Å². The molecule has 1 unspecified atom stereocenters. The summed E-state index contributed by atoms with van der Waals surface area (Å²) in [5.74, 6) is 0.328. The van der Waals surface area contributed by atoms with Crippen LogP contribution in [0.5, 0.6) is 5.75 Å². The minimum absolute atomic E-state index is 0.112. The van der Waals surface area contributed by atoms with Crippen LogP contribution in [0.2, 0.25) is 0 Å². The second-order valence-electron chi connectivity index (χ2n) is 8.50.